The van der Waals surface area contributed by atoms with E-state index >= 15 is 0 Å². The molecule has 0 unspecified atom stereocenters. The number of aromatic nitrogens is 2. The summed E-state index contributed by atoms with van der Waals surface area (Å²) in [5, 5.41) is 3.01. The molecule has 0 bridgehead atoms. The molecule has 2 saturated heterocycles. The van der Waals surface area contributed by atoms with Gasteiger partial charge in [0.15, 0.2) is 0 Å². The van der Waals surface area contributed by atoms with Crippen molar-refractivity contribution in [2.24, 2.45) is 0 Å². The highest BCUT2D eigenvalue weighted by Crippen LogP contribution is 2.29. The Balaban J connectivity index is 1.29. The molecular formula is C24H26N4OS. The lowest BCUT2D eigenvalue weighted by molar-refractivity contribution is 0.0709. The maximum Gasteiger partial charge on any atom is 0.254 e. The van der Waals surface area contributed by atoms with Gasteiger partial charge < -0.3 is 9.80 Å². The molecule has 2 fully saturated rings. The maximum absolute atomic E-state index is 13.2. The Morgan fingerprint density at radius 3 is 2.63 bits per heavy atom. The van der Waals surface area contributed by atoms with Crippen LogP contribution in [-0.4, -0.2) is 57.9 Å². The maximum atomic E-state index is 13.2. The number of hydrogen-bond acceptors (Lipinski definition) is 5. The number of amides is 1. The number of carbonyl (C=O) groups excluding carboxylic acids is 1. The Hall–Kier alpha value is -2.57. The van der Waals surface area contributed by atoms with Crippen molar-refractivity contribution in [1.82, 2.24) is 19.8 Å². The summed E-state index contributed by atoms with van der Waals surface area (Å²) in [4.78, 5) is 26.7. The van der Waals surface area contributed by atoms with Gasteiger partial charge in [0.2, 0.25) is 0 Å². The second-order valence-corrected chi connectivity index (χ2v) is 9.02. The Kier molecular flexibility index (Phi) is 5.60. The van der Waals surface area contributed by atoms with Gasteiger partial charge in [0, 0.05) is 53.6 Å². The third-order valence-corrected chi connectivity index (χ3v) is 7.04. The van der Waals surface area contributed by atoms with Crippen molar-refractivity contribution >= 4 is 17.2 Å². The normalized spacial score (nSPS) is 19.5. The average molecular weight is 419 g/mol. The summed E-state index contributed by atoms with van der Waals surface area (Å²) in [5.41, 5.74) is 3.77. The van der Waals surface area contributed by atoms with Crippen LogP contribution in [0, 0.1) is 0 Å². The van der Waals surface area contributed by atoms with Crippen molar-refractivity contribution in [3.8, 4) is 21.8 Å². The zero-order valence-electron chi connectivity index (χ0n) is 17.0. The van der Waals surface area contributed by atoms with Crippen LogP contribution in [0.4, 0.5) is 0 Å². The molecule has 154 valence electrons. The third kappa shape index (κ3) is 4.02. The van der Waals surface area contributed by atoms with Crippen LogP contribution in [0.25, 0.3) is 21.8 Å². The van der Waals surface area contributed by atoms with E-state index in [-0.39, 0.29) is 5.91 Å². The third-order valence-electron chi connectivity index (χ3n) is 6.15. The lowest BCUT2D eigenvalue weighted by Crippen LogP contribution is -2.42. The van der Waals surface area contributed by atoms with Crippen molar-refractivity contribution in [2.75, 3.05) is 26.2 Å². The zero-order valence-corrected chi connectivity index (χ0v) is 17.9. The van der Waals surface area contributed by atoms with Crippen molar-refractivity contribution in [2.45, 2.75) is 31.7 Å². The molecule has 30 heavy (non-hydrogen) atoms. The minimum absolute atomic E-state index is 0.165. The molecule has 0 N–H and O–H groups in total. The zero-order chi connectivity index (χ0) is 20.3. The highest BCUT2D eigenvalue weighted by atomic mass is 32.1. The van der Waals surface area contributed by atoms with Gasteiger partial charge in [0.05, 0.1) is 5.69 Å². The van der Waals surface area contributed by atoms with Crippen LogP contribution in [0.15, 0.2) is 54.2 Å². The van der Waals surface area contributed by atoms with E-state index in [4.69, 9.17) is 4.98 Å². The van der Waals surface area contributed by atoms with Gasteiger partial charge in [-0.2, -0.15) is 0 Å². The molecule has 1 atom stereocenters. The van der Waals surface area contributed by atoms with Crippen LogP contribution in [0.1, 0.15) is 36.0 Å². The summed E-state index contributed by atoms with van der Waals surface area (Å²) in [6, 6.07) is 12.2. The Bertz CT molecular complexity index is 996. The summed E-state index contributed by atoms with van der Waals surface area (Å²) in [7, 11) is 0. The van der Waals surface area contributed by atoms with E-state index in [1.54, 1.807) is 17.5 Å². The molecule has 5 nitrogen and oxygen atoms in total. The van der Waals surface area contributed by atoms with Gasteiger partial charge in [-0.05, 0) is 63.0 Å². The summed E-state index contributed by atoms with van der Waals surface area (Å²) in [6.07, 6.45) is 8.41. The van der Waals surface area contributed by atoms with E-state index < -0.39 is 0 Å². The van der Waals surface area contributed by atoms with Gasteiger partial charge in [0.25, 0.3) is 5.91 Å². The molecule has 0 aliphatic carbocycles. The molecule has 1 aromatic carbocycles. The lowest BCUT2D eigenvalue weighted by atomic mass is 10.1. The Labute approximate surface area is 181 Å². The molecule has 0 spiro atoms. The highest BCUT2D eigenvalue weighted by molar-refractivity contribution is 7.13. The summed E-state index contributed by atoms with van der Waals surface area (Å²) in [6.45, 7) is 4.27. The van der Waals surface area contributed by atoms with E-state index in [9.17, 15) is 4.79 Å². The number of hydrogen-bond donors (Lipinski definition) is 0. The van der Waals surface area contributed by atoms with Gasteiger partial charge in [0.1, 0.15) is 5.01 Å². The largest absolute Gasteiger partial charge is 0.334 e. The molecule has 2 aliphatic heterocycles. The average Bonchev–Trinajstić information content (AvgIpc) is 3.57. The Morgan fingerprint density at radius 1 is 1.03 bits per heavy atom. The number of likely N-dealkylation sites (tertiary alicyclic amines) is 2. The minimum atomic E-state index is 0.165. The number of pyridine rings is 1. The van der Waals surface area contributed by atoms with Crippen LogP contribution < -0.4 is 0 Å². The standard InChI is InChI=1S/C24H26N4OS/c29-24(28-14-4-6-21(28)16-27-12-1-2-13-27)19-9-7-18(8-10-19)23-26-22(17-30-23)20-5-3-11-25-15-20/h3,5,7-11,15,17,21H,1-2,4,6,12-14,16H2/t21-/m0/s1. The smallest absolute Gasteiger partial charge is 0.254 e. The summed E-state index contributed by atoms with van der Waals surface area (Å²) >= 11 is 1.62. The molecule has 6 heteroatoms. The van der Waals surface area contributed by atoms with Crippen molar-refractivity contribution < 1.29 is 4.79 Å². The van der Waals surface area contributed by atoms with E-state index in [0.29, 0.717) is 6.04 Å². The predicted molar refractivity (Wildman–Crippen MR) is 121 cm³/mol. The van der Waals surface area contributed by atoms with Crippen molar-refractivity contribution in [1.29, 1.82) is 0 Å². The van der Waals surface area contributed by atoms with Gasteiger partial charge in [-0.3, -0.25) is 9.78 Å². The number of thiazole rings is 1. The number of rotatable bonds is 5. The van der Waals surface area contributed by atoms with Crippen LogP contribution >= 0.6 is 11.3 Å². The fourth-order valence-corrected chi connectivity index (χ4v) is 5.37. The molecule has 0 saturated carbocycles. The predicted octanol–water partition coefficient (Wildman–Crippen LogP) is 4.57. The van der Waals surface area contributed by atoms with Crippen LogP contribution in [-0.2, 0) is 0 Å². The van der Waals surface area contributed by atoms with Crippen molar-refractivity contribution in [3.63, 3.8) is 0 Å². The fourth-order valence-electron chi connectivity index (χ4n) is 4.53. The number of nitrogens with zero attached hydrogens (tertiary/aromatic N) is 4. The van der Waals surface area contributed by atoms with Gasteiger partial charge >= 0.3 is 0 Å². The molecule has 0 radical (unpaired) electrons. The van der Waals surface area contributed by atoms with Crippen molar-refractivity contribution in [3.05, 3.63) is 59.7 Å². The van der Waals surface area contributed by atoms with Gasteiger partial charge in [-0.1, -0.05) is 12.1 Å². The first-order valence-corrected chi connectivity index (χ1v) is 11.7. The molecule has 2 aliphatic rings. The van der Waals surface area contributed by atoms with Crippen LogP contribution in [0.3, 0.4) is 0 Å². The second-order valence-electron chi connectivity index (χ2n) is 8.16. The summed E-state index contributed by atoms with van der Waals surface area (Å²) < 4.78 is 0. The number of carbonyl (C=O) groups is 1. The topological polar surface area (TPSA) is 49.3 Å². The molecular weight excluding hydrogens is 392 g/mol. The molecule has 5 rings (SSSR count). The van der Waals surface area contributed by atoms with Gasteiger partial charge in [-0.25, -0.2) is 4.98 Å². The highest BCUT2D eigenvalue weighted by Gasteiger charge is 2.31. The molecule has 4 heterocycles. The first kappa shape index (κ1) is 19.4. The Morgan fingerprint density at radius 2 is 1.87 bits per heavy atom. The fraction of sp³-hybridized carbons (Fsp3) is 0.375. The molecule has 3 aromatic rings. The first-order valence-electron chi connectivity index (χ1n) is 10.8. The second kappa shape index (κ2) is 8.66. The van der Waals surface area contributed by atoms with Crippen LogP contribution in [0.2, 0.25) is 0 Å². The minimum Gasteiger partial charge on any atom is -0.334 e. The quantitative estimate of drug-likeness (QED) is 0.609. The molecule has 1 amide bonds. The monoisotopic (exact) mass is 418 g/mol. The van der Waals surface area contributed by atoms with E-state index in [0.717, 1.165) is 53.3 Å². The van der Waals surface area contributed by atoms with E-state index in [2.05, 4.69) is 20.2 Å². The SMILES string of the molecule is O=C(c1ccc(-c2nc(-c3cccnc3)cs2)cc1)N1CCC[C@H]1CN1CCCC1. The molecule has 2 aromatic heterocycles. The van der Waals surface area contributed by atoms with E-state index in [1.165, 1.54) is 25.9 Å². The lowest BCUT2D eigenvalue weighted by Gasteiger charge is -2.28. The summed E-state index contributed by atoms with van der Waals surface area (Å²) in [5.74, 6) is 0.165. The van der Waals surface area contributed by atoms with Crippen LogP contribution in [0.5, 0.6) is 0 Å². The number of benzene rings is 1. The van der Waals surface area contributed by atoms with Gasteiger partial charge in [-0.15, -0.1) is 11.3 Å². The first-order chi connectivity index (χ1) is 14.8. The van der Waals surface area contributed by atoms with E-state index in [1.807, 2.05) is 42.6 Å².